The normalized spacial score (nSPS) is 10.2. The number of aromatic hydroxyl groups is 1. The number of imidazole rings is 1. The van der Waals surface area contributed by atoms with Crippen molar-refractivity contribution in [2.24, 2.45) is 0 Å². The summed E-state index contributed by atoms with van der Waals surface area (Å²) < 4.78 is 0. The molecule has 0 radical (unpaired) electrons. The molecule has 0 unspecified atom stereocenters. The quantitative estimate of drug-likeness (QED) is 0.665. The molecule has 0 saturated carbocycles. The van der Waals surface area contributed by atoms with E-state index in [4.69, 9.17) is 5.73 Å². The third-order valence-electron chi connectivity index (χ3n) is 3.09. The minimum atomic E-state index is 0.139. The van der Waals surface area contributed by atoms with Crippen molar-refractivity contribution in [1.29, 1.82) is 5.26 Å². The third-order valence-corrected chi connectivity index (χ3v) is 3.09. The number of nitrogens with one attached hydrogen (secondary N) is 1. The maximum absolute atomic E-state index is 9.57. The van der Waals surface area contributed by atoms with E-state index in [0.717, 1.165) is 0 Å². The van der Waals surface area contributed by atoms with Gasteiger partial charge in [0.2, 0.25) is 0 Å². The minimum Gasteiger partial charge on any atom is -0.508 e. The van der Waals surface area contributed by atoms with Gasteiger partial charge in [-0.25, -0.2) is 9.97 Å². The molecule has 6 nitrogen and oxygen atoms in total. The van der Waals surface area contributed by atoms with E-state index in [1.165, 1.54) is 6.33 Å². The van der Waals surface area contributed by atoms with Crippen LogP contribution in [0.25, 0.3) is 22.5 Å². The first kappa shape index (κ1) is 12.7. The Bertz CT molecular complexity index is 834. The fourth-order valence-corrected chi connectivity index (χ4v) is 2.11. The highest BCUT2D eigenvalue weighted by molar-refractivity contribution is 5.78. The summed E-state index contributed by atoms with van der Waals surface area (Å²) in [5.41, 5.74) is 8.78. The molecule has 0 aliphatic carbocycles. The van der Waals surface area contributed by atoms with E-state index in [2.05, 4.69) is 21.0 Å². The molecular formula is C15H11N5O. The number of rotatable bonds is 2. The lowest BCUT2D eigenvalue weighted by molar-refractivity contribution is 0.475. The smallest absolute Gasteiger partial charge is 0.142 e. The highest BCUT2D eigenvalue weighted by Gasteiger charge is 2.14. The van der Waals surface area contributed by atoms with Gasteiger partial charge in [-0.1, -0.05) is 12.1 Å². The van der Waals surface area contributed by atoms with Gasteiger partial charge < -0.3 is 15.8 Å². The van der Waals surface area contributed by atoms with Crippen LogP contribution in [0.3, 0.4) is 0 Å². The topological polar surface area (TPSA) is 112 Å². The van der Waals surface area contributed by atoms with Crippen LogP contribution >= 0.6 is 0 Å². The Kier molecular flexibility index (Phi) is 3.01. The van der Waals surface area contributed by atoms with Gasteiger partial charge in [0.25, 0.3) is 0 Å². The summed E-state index contributed by atoms with van der Waals surface area (Å²) in [5.74, 6) is 0.281. The molecule has 0 saturated heterocycles. The molecule has 1 aromatic carbocycles. The molecule has 2 heterocycles. The van der Waals surface area contributed by atoms with Gasteiger partial charge in [0.1, 0.15) is 23.2 Å². The lowest BCUT2D eigenvalue weighted by Crippen LogP contribution is -1.99. The Morgan fingerprint density at radius 2 is 2.14 bits per heavy atom. The first-order valence-electron chi connectivity index (χ1n) is 6.18. The van der Waals surface area contributed by atoms with Crippen LogP contribution in [0.2, 0.25) is 0 Å². The summed E-state index contributed by atoms with van der Waals surface area (Å²) >= 11 is 0. The second-order valence-electron chi connectivity index (χ2n) is 4.44. The van der Waals surface area contributed by atoms with Gasteiger partial charge in [-0.2, -0.15) is 5.26 Å². The molecule has 0 aliphatic rings. The molecule has 3 rings (SSSR count). The van der Waals surface area contributed by atoms with Gasteiger partial charge in [0, 0.05) is 11.1 Å². The Balaban J connectivity index is 2.23. The Morgan fingerprint density at radius 1 is 1.29 bits per heavy atom. The van der Waals surface area contributed by atoms with Crippen LogP contribution in [0.5, 0.6) is 5.75 Å². The second-order valence-corrected chi connectivity index (χ2v) is 4.44. The molecule has 0 atom stereocenters. The zero-order valence-corrected chi connectivity index (χ0v) is 10.9. The molecule has 4 N–H and O–H groups in total. The number of aromatic amines is 1. The fraction of sp³-hybridized carbons (Fsp3) is 0. The van der Waals surface area contributed by atoms with E-state index in [0.29, 0.717) is 28.1 Å². The number of nitrogens with zero attached hydrogens (tertiary/aromatic N) is 3. The van der Waals surface area contributed by atoms with Crippen LogP contribution < -0.4 is 5.73 Å². The average Bonchev–Trinajstić information content (AvgIpc) is 3.00. The van der Waals surface area contributed by atoms with E-state index >= 15 is 0 Å². The standard InChI is InChI=1S/C15H11N5O/c16-6-12-11(14-7-18-8-19-14)5-13(20-15(12)17)9-2-1-3-10(21)4-9/h1-5,7-8,21H,(H2,17,20)(H,18,19). The summed E-state index contributed by atoms with van der Waals surface area (Å²) in [4.78, 5) is 11.1. The van der Waals surface area contributed by atoms with Gasteiger partial charge in [0.15, 0.2) is 0 Å². The molecule has 0 aliphatic heterocycles. The number of nitriles is 1. The maximum atomic E-state index is 9.57. The molecule has 0 amide bonds. The number of benzene rings is 1. The molecule has 0 spiro atoms. The summed E-state index contributed by atoms with van der Waals surface area (Å²) in [6.45, 7) is 0. The molecule has 0 bridgehead atoms. The summed E-state index contributed by atoms with van der Waals surface area (Å²) in [6, 6.07) is 10.5. The number of nitrogen functional groups attached to an aromatic ring is 1. The first-order chi connectivity index (χ1) is 10.2. The predicted molar refractivity (Wildman–Crippen MR) is 78.0 cm³/mol. The fourth-order valence-electron chi connectivity index (χ4n) is 2.11. The van der Waals surface area contributed by atoms with Crippen molar-refractivity contribution >= 4 is 5.82 Å². The molecule has 3 aromatic rings. The van der Waals surface area contributed by atoms with Crippen LogP contribution in [0.1, 0.15) is 5.56 Å². The number of pyridine rings is 1. The Labute approximate surface area is 120 Å². The number of H-pyrrole nitrogens is 1. The highest BCUT2D eigenvalue weighted by Crippen LogP contribution is 2.30. The summed E-state index contributed by atoms with van der Waals surface area (Å²) in [7, 11) is 0. The number of anilines is 1. The van der Waals surface area contributed by atoms with Crippen LogP contribution in [0.4, 0.5) is 5.82 Å². The monoisotopic (exact) mass is 277 g/mol. The van der Waals surface area contributed by atoms with E-state index in [9.17, 15) is 10.4 Å². The summed E-state index contributed by atoms with van der Waals surface area (Å²) in [6.07, 6.45) is 3.14. The maximum Gasteiger partial charge on any atom is 0.142 e. The van der Waals surface area contributed by atoms with E-state index in [1.807, 2.05) is 6.07 Å². The number of nitrogens with two attached hydrogens (primary N) is 1. The zero-order chi connectivity index (χ0) is 14.8. The minimum absolute atomic E-state index is 0.139. The first-order valence-corrected chi connectivity index (χ1v) is 6.18. The van der Waals surface area contributed by atoms with Crippen LogP contribution in [0.15, 0.2) is 42.9 Å². The van der Waals surface area contributed by atoms with Crippen molar-refractivity contribution < 1.29 is 5.11 Å². The predicted octanol–water partition coefficient (Wildman–Crippen LogP) is 2.30. The molecule has 0 fully saturated rings. The van der Waals surface area contributed by atoms with Gasteiger partial charge in [0.05, 0.1) is 23.9 Å². The van der Waals surface area contributed by atoms with Gasteiger partial charge in [-0.3, -0.25) is 0 Å². The number of hydrogen-bond acceptors (Lipinski definition) is 5. The highest BCUT2D eigenvalue weighted by atomic mass is 16.3. The number of hydrogen-bond donors (Lipinski definition) is 3. The Hall–Kier alpha value is -3.33. The van der Waals surface area contributed by atoms with E-state index in [1.54, 1.807) is 30.5 Å². The molecular weight excluding hydrogens is 266 g/mol. The van der Waals surface area contributed by atoms with Gasteiger partial charge in [-0.05, 0) is 18.2 Å². The van der Waals surface area contributed by atoms with Crippen molar-refractivity contribution in [3.8, 4) is 34.3 Å². The van der Waals surface area contributed by atoms with Crippen molar-refractivity contribution in [2.45, 2.75) is 0 Å². The van der Waals surface area contributed by atoms with Crippen LogP contribution in [-0.4, -0.2) is 20.1 Å². The van der Waals surface area contributed by atoms with E-state index < -0.39 is 0 Å². The molecule has 2 aromatic heterocycles. The lowest BCUT2D eigenvalue weighted by Gasteiger charge is -2.08. The van der Waals surface area contributed by atoms with Crippen LogP contribution in [-0.2, 0) is 0 Å². The van der Waals surface area contributed by atoms with Crippen molar-refractivity contribution in [2.75, 3.05) is 5.73 Å². The number of aromatic nitrogens is 3. The molecule has 102 valence electrons. The average molecular weight is 277 g/mol. The Morgan fingerprint density at radius 3 is 2.81 bits per heavy atom. The third kappa shape index (κ3) is 2.28. The zero-order valence-electron chi connectivity index (χ0n) is 10.9. The van der Waals surface area contributed by atoms with Gasteiger partial charge >= 0.3 is 0 Å². The van der Waals surface area contributed by atoms with Crippen LogP contribution in [0, 0.1) is 11.3 Å². The number of phenolic OH excluding ortho intramolecular Hbond substituents is 1. The second kappa shape index (κ2) is 4.98. The largest absolute Gasteiger partial charge is 0.508 e. The van der Waals surface area contributed by atoms with Crippen molar-refractivity contribution in [3.63, 3.8) is 0 Å². The molecule has 21 heavy (non-hydrogen) atoms. The van der Waals surface area contributed by atoms with Gasteiger partial charge in [-0.15, -0.1) is 0 Å². The summed E-state index contributed by atoms with van der Waals surface area (Å²) in [5, 5.41) is 18.8. The number of phenols is 1. The lowest BCUT2D eigenvalue weighted by atomic mass is 10.0. The van der Waals surface area contributed by atoms with E-state index in [-0.39, 0.29) is 11.6 Å². The van der Waals surface area contributed by atoms with Crippen molar-refractivity contribution in [3.05, 3.63) is 48.4 Å². The van der Waals surface area contributed by atoms with Crippen molar-refractivity contribution in [1.82, 2.24) is 15.0 Å². The SMILES string of the molecule is N#Cc1c(-c2cnc[nH]2)cc(-c2cccc(O)c2)nc1N. The molecule has 6 heteroatoms.